The minimum absolute atomic E-state index is 0.0138. The van der Waals surface area contributed by atoms with Crippen LogP contribution in [0.3, 0.4) is 0 Å². The van der Waals surface area contributed by atoms with Crippen molar-refractivity contribution in [3.8, 4) is 0 Å². The molecule has 0 fully saturated rings. The molecule has 0 spiro atoms. The van der Waals surface area contributed by atoms with Gasteiger partial charge in [0.15, 0.2) is 6.10 Å². The Bertz CT molecular complexity index is 202. The first-order valence-corrected chi connectivity index (χ1v) is 4.77. The van der Waals surface area contributed by atoms with Crippen molar-refractivity contribution in [2.45, 2.75) is 20.0 Å². The molecule has 0 aliphatic carbocycles. The zero-order valence-electron chi connectivity index (χ0n) is 6.76. The first-order chi connectivity index (χ1) is 5.39. The SMILES string of the molecule is CCOP(=O)(O)OC(C)C(=O)O. The van der Waals surface area contributed by atoms with Crippen LogP contribution in [0.25, 0.3) is 0 Å². The van der Waals surface area contributed by atoms with Crippen molar-refractivity contribution < 1.29 is 28.4 Å². The molecule has 0 amide bonds. The lowest BCUT2D eigenvalue weighted by Gasteiger charge is -2.13. The summed E-state index contributed by atoms with van der Waals surface area (Å²) in [6.45, 7) is 2.63. The van der Waals surface area contributed by atoms with Gasteiger partial charge in [0.25, 0.3) is 0 Å². The molecule has 0 radical (unpaired) electrons. The number of phosphoric acid groups is 1. The number of carbonyl (C=O) groups is 1. The Morgan fingerprint density at radius 2 is 2.17 bits per heavy atom. The predicted molar refractivity (Wildman–Crippen MR) is 39.6 cm³/mol. The van der Waals surface area contributed by atoms with Crippen molar-refractivity contribution in [1.29, 1.82) is 0 Å². The number of hydrogen-bond acceptors (Lipinski definition) is 4. The van der Waals surface area contributed by atoms with Crippen molar-refractivity contribution in [3.63, 3.8) is 0 Å². The largest absolute Gasteiger partial charge is 0.479 e. The van der Waals surface area contributed by atoms with Crippen LogP contribution in [0.1, 0.15) is 13.8 Å². The van der Waals surface area contributed by atoms with Gasteiger partial charge in [0.2, 0.25) is 0 Å². The summed E-state index contributed by atoms with van der Waals surface area (Å²) in [6.07, 6.45) is -1.35. The van der Waals surface area contributed by atoms with Crippen LogP contribution in [0.5, 0.6) is 0 Å². The zero-order valence-corrected chi connectivity index (χ0v) is 7.65. The second-order valence-corrected chi connectivity index (χ2v) is 3.38. The van der Waals surface area contributed by atoms with Crippen molar-refractivity contribution in [2.24, 2.45) is 0 Å². The van der Waals surface area contributed by atoms with E-state index in [1.54, 1.807) is 0 Å². The molecular weight excluding hydrogens is 187 g/mol. The van der Waals surface area contributed by atoms with Gasteiger partial charge in [-0.3, -0.25) is 9.05 Å². The highest BCUT2D eigenvalue weighted by Crippen LogP contribution is 2.44. The van der Waals surface area contributed by atoms with E-state index in [1.807, 2.05) is 0 Å². The van der Waals surface area contributed by atoms with E-state index < -0.39 is 19.9 Å². The Hall–Kier alpha value is -0.420. The number of phosphoric ester groups is 1. The summed E-state index contributed by atoms with van der Waals surface area (Å²) >= 11 is 0. The molecule has 0 aliphatic heterocycles. The quantitative estimate of drug-likeness (QED) is 0.628. The van der Waals surface area contributed by atoms with Gasteiger partial charge in [0, 0.05) is 0 Å². The average molecular weight is 198 g/mol. The van der Waals surface area contributed by atoms with Crippen molar-refractivity contribution in [3.05, 3.63) is 0 Å². The van der Waals surface area contributed by atoms with Gasteiger partial charge in [-0.15, -0.1) is 0 Å². The van der Waals surface area contributed by atoms with Gasteiger partial charge in [-0.25, -0.2) is 9.36 Å². The number of aliphatic carboxylic acids is 1. The van der Waals surface area contributed by atoms with Crippen LogP contribution >= 0.6 is 7.82 Å². The molecule has 0 rings (SSSR count). The van der Waals surface area contributed by atoms with Gasteiger partial charge in [-0.1, -0.05) is 0 Å². The summed E-state index contributed by atoms with van der Waals surface area (Å²) in [5, 5.41) is 8.30. The Morgan fingerprint density at radius 3 is 2.50 bits per heavy atom. The zero-order chi connectivity index (χ0) is 9.78. The minimum Gasteiger partial charge on any atom is -0.479 e. The summed E-state index contributed by atoms with van der Waals surface area (Å²) in [4.78, 5) is 18.9. The summed E-state index contributed by atoms with van der Waals surface area (Å²) < 4.78 is 19.3. The summed E-state index contributed by atoms with van der Waals surface area (Å²) in [5.74, 6) is -1.32. The van der Waals surface area contributed by atoms with E-state index in [1.165, 1.54) is 6.92 Å². The van der Waals surface area contributed by atoms with Crippen LogP contribution in [-0.2, 0) is 18.4 Å². The van der Waals surface area contributed by atoms with E-state index in [0.717, 1.165) is 6.92 Å². The second kappa shape index (κ2) is 4.57. The summed E-state index contributed by atoms with van der Waals surface area (Å²) in [6, 6.07) is 0. The molecule has 2 atom stereocenters. The van der Waals surface area contributed by atoms with Crippen molar-refractivity contribution in [1.82, 2.24) is 0 Å². The van der Waals surface area contributed by atoms with E-state index in [9.17, 15) is 9.36 Å². The predicted octanol–water partition coefficient (Wildman–Crippen LogP) is 0.613. The van der Waals surface area contributed by atoms with Gasteiger partial charge >= 0.3 is 13.8 Å². The van der Waals surface area contributed by atoms with E-state index >= 15 is 0 Å². The normalized spacial score (nSPS) is 18.2. The number of carboxylic acids is 1. The van der Waals surface area contributed by atoms with Crippen LogP contribution in [0, 0.1) is 0 Å². The van der Waals surface area contributed by atoms with Gasteiger partial charge < -0.3 is 10.00 Å². The lowest BCUT2D eigenvalue weighted by Crippen LogP contribution is -2.18. The van der Waals surface area contributed by atoms with Gasteiger partial charge in [0.1, 0.15) is 0 Å². The van der Waals surface area contributed by atoms with Crippen LogP contribution in [0.2, 0.25) is 0 Å². The van der Waals surface area contributed by atoms with Gasteiger partial charge in [-0.05, 0) is 13.8 Å². The maximum absolute atomic E-state index is 10.8. The smallest absolute Gasteiger partial charge is 0.472 e. The highest BCUT2D eigenvalue weighted by molar-refractivity contribution is 7.47. The van der Waals surface area contributed by atoms with Crippen LogP contribution in [-0.4, -0.2) is 28.7 Å². The molecule has 2 N–H and O–H groups in total. The first kappa shape index (κ1) is 11.6. The summed E-state index contributed by atoms with van der Waals surface area (Å²) in [7, 11) is -4.18. The molecule has 0 saturated heterocycles. The molecule has 2 unspecified atom stereocenters. The molecule has 0 saturated carbocycles. The molecule has 0 aromatic rings. The molecular formula is C5H11O6P. The fourth-order valence-corrected chi connectivity index (χ4v) is 1.32. The van der Waals surface area contributed by atoms with Crippen LogP contribution in [0.4, 0.5) is 0 Å². The van der Waals surface area contributed by atoms with Gasteiger partial charge in [0.05, 0.1) is 6.61 Å². The standard InChI is InChI=1S/C5H11O6P/c1-3-10-12(8,9)11-4(2)5(6)7/h4H,3H2,1-2H3,(H,6,7)(H,8,9). The second-order valence-electron chi connectivity index (χ2n) is 1.97. The molecule has 72 valence electrons. The number of carboxylic acid groups (broad SMARTS) is 1. The van der Waals surface area contributed by atoms with Crippen LogP contribution < -0.4 is 0 Å². The van der Waals surface area contributed by atoms with E-state index in [4.69, 9.17) is 10.00 Å². The Labute approximate surface area is 69.7 Å². The fraction of sp³-hybridized carbons (Fsp3) is 0.800. The van der Waals surface area contributed by atoms with E-state index in [0.29, 0.717) is 0 Å². The topological polar surface area (TPSA) is 93.1 Å². The maximum atomic E-state index is 10.8. The molecule has 0 heterocycles. The Balaban J connectivity index is 4.05. The highest BCUT2D eigenvalue weighted by Gasteiger charge is 2.26. The lowest BCUT2D eigenvalue weighted by atomic mass is 10.4. The Kier molecular flexibility index (Phi) is 4.41. The van der Waals surface area contributed by atoms with Crippen molar-refractivity contribution >= 4 is 13.8 Å². The van der Waals surface area contributed by atoms with Gasteiger partial charge in [-0.2, -0.15) is 0 Å². The molecule has 0 aromatic carbocycles. The first-order valence-electron chi connectivity index (χ1n) is 3.27. The third-order valence-electron chi connectivity index (χ3n) is 0.931. The van der Waals surface area contributed by atoms with E-state index in [-0.39, 0.29) is 6.61 Å². The third kappa shape index (κ3) is 4.46. The number of rotatable bonds is 5. The molecule has 6 nitrogen and oxygen atoms in total. The number of hydrogen-bond donors (Lipinski definition) is 2. The lowest BCUT2D eigenvalue weighted by molar-refractivity contribution is -0.145. The molecule has 12 heavy (non-hydrogen) atoms. The fourth-order valence-electron chi connectivity index (χ4n) is 0.438. The Morgan fingerprint density at radius 1 is 1.67 bits per heavy atom. The highest BCUT2D eigenvalue weighted by atomic mass is 31.2. The molecule has 7 heteroatoms. The monoisotopic (exact) mass is 198 g/mol. The van der Waals surface area contributed by atoms with E-state index in [2.05, 4.69) is 9.05 Å². The minimum atomic E-state index is -4.18. The third-order valence-corrected chi connectivity index (χ3v) is 2.10. The van der Waals surface area contributed by atoms with Crippen molar-refractivity contribution in [2.75, 3.05) is 6.61 Å². The molecule has 0 aromatic heterocycles. The maximum Gasteiger partial charge on any atom is 0.472 e. The summed E-state index contributed by atoms with van der Waals surface area (Å²) in [5.41, 5.74) is 0. The molecule has 0 bridgehead atoms. The van der Waals surface area contributed by atoms with Crippen LogP contribution in [0.15, 0.2) is 0 Å². The average Bonchev–Trinajstić information content (AvgIpc) is 1.85. The molecule has 0 aliphatic rings.